The second kappa shape index (κ2) is 5.99. The van der Waals surface area contributed by atoms with Crippen molar-refractivity contribution in [2.45, 2.75) is 31.6 Å². The van der Waals surface area contributed by atoms with Crippen molar-refractivity contribution in [3.05, 3.63) is 58.8 Å². The first kappa shape index (κ1) is 15.8. The van der Waals surface area contributed by atoms with Gasteiger partial charge in [0.2, 0.25) is 5.91 Å². The number of carbonyl (C=O) groups is 2. The molecule has 4 rings (SSSR count). The summed E-state index contributed by atoms with van der Waals surface area (Å²) >= 11 is 0. The number of fused-ring (bicyclic) bond motifs is 2. The second-order valence-electron chi connectivity index (χ2n) is 6.86. The molecule has 25 heavy (non-hydrogen) atoms. The van der Waals surface area contributed by atoms with E-state index in [0.29, 0.717) is 19.5 Å². The average Bonchev–Trinajstić information content (AvgIpc) is 3.00. The fourth-order valence-electron chi connectivity index (χ4n) is 4.11. The lowest BCUT2D eigenvalue weighted by molar-refractivity contribution is -0.123. The molecule has 0 bridgehead atoms. The predicted octanol–water partition coefficient (Wildman–Crippen LogP) is 2.43. The number of Topliss-reactive ketones (excluding diaryl/α,β-unsaturated/α-hetero) is 1. The number of amides is 1. The minimum atomic E-state index is -0.492. The molecule has 0 fully saturated rings. The molecule has 5 nitrogen and oxygen atoms in total. The molecule has 2 aliphatic heterocycles. The molecule has 0 aromatic carbocycles. The molecule has 1 aromatic rings. The van der Waals surface area contributed by atoms with E-state index in [0.717, 1.165) is 29.8 Å². The summed E-state index contributed by atoms with van der Waals surface area (Å²) in [4.78, 5) is 28.6. The molecule has 0 saturated heterocycles. The van der Waals surface area contributed by atoms with E-state index >= 15 is 0 Å². The van der Waals surface area contributed by atoms with E-state index in [2.05, 4.69) is 28.6 Å². The Morgan fingerprint density at radius 1 is 1.20 bits per heavy atom. The third-order valence-corrected chi connectivity index (χ3v) is 5.44. The van der Waals surface area contributed by atoms with Crippen LogP contribution in [0.25, 0.3) is 0 Å². The number of anilines is 1. The van der Waals surface area contributed by atoms with E-state index in [-0.39, 0.29) is 11.7 Å². The van der Waals surface area contributed by atoms with Crippen molar-refractivity contribution in [3.8, 4) is 0 Å². The molecule has 5 heteroatoms. The summed E-state index contributed by atoms with van der Waals surface area (Å²) < 4.78 is 0. The van der Waals surface area contributed by atoms with Crippen LogP contribution in [0.4, 0.5) is 5.82 Å². The zero-order valence-electron chi connectivity index (χ0n) is 14.3. The molecule has 0 saturated carbocycles. The number of nitrogens with zero attached hydrogens (tertiary/aromatic N) is 1. The molecule has 3 aliphatic rings. The number of hydrogen-bond donors (Lipinski definition) is 2. The lowest BCUT2D eigenvalue weighted by Gasteiger charge is -2.34. The SMILES string of the molecule is CCC1=C(/C=C2/C=CC(=O)NC2)CC2(C1)C(=O)CNc1ncccc12. The Bertz CT molecular complexity index is 850. The molecule has 1 amide bonds. The normalized spacial score (nSPS) is 26.8. The fourth-order valence-corrected chi connectivity index (χ4v) is 4.11. The number of rotatable bonds is 2. The van der Waals surface area contributed by atoms with Crippen LogP contribution in [0, 0.1) is 0 Å². The Kier molecular flexibility index (Phi) is 3.79. The van der Waals surface area contributed by atoms with Gasteiger partial charge in [-0.3, -0.25) is 9.59 Å². The molecule has 0 radical (unpaired) electrons. The Labute approximate surface area is 146 Å². The van der Waals surface area contributed by atoms with Gasteiger partial charge in [-0.1, -0.05) is 30.7 Å². The predicted molar refractivity (Wildman–Crippen MR) is 96.2 cm³/mol. The zero-order valence-corrected chi connectivity index (χ0v) is 14.3. The Balaban J connectivity index is 1.72. The van der Waals surface area contributed by atoms with Crippen LogP contribution in [-0.2, 0) is 15.0 Å². The standard InChI is InChI=1S/C20H21N3O2/c1-2-14-9-20(10-15(14)8-13-5-6-18(25)22-11-13)16-4-3-7-21-19(16)23-12-17(20)24/h3-8H,2,9-12H2,1H3,(H,21,23)(H,22,25)/b13-8-. The topological polar surface area (TPSA) is 71.1 Å². The lowest BCUT2D eigenvalue weighted by Crippen LogP contribution is -2.43. The highest BCUT2D eigenvalue weighted by Crippen LogP contribution is 2.49. The highest BCUT2D eigenvalue weighted by molar-refractivity contribution is 5.98. The van der Waals surface area contributed by atoms with Crippen molar-refractivity contribution >= 4 is 17.5 Å². The Morgan fingerprint density at radius 2 is 2.08 bits per heavy atom. The van der Waals surface area contributed by atoms with E-state index < -0.39 is 5.41 Å². The number of hydrogen-bond acceptors (Lipinski definition) is 4. The molecular formula is C20H21N3O2. The van der Waals surface area contributed by atoms with Gasteiger partial charge < -0.3 is 10.6 Å². The van der Waals surface area contributed by atoms with Gasteiger partial charge >= 0.3 is 0 Å². The maximum atomic E-state index is 12.9. The molecule has 1 aromatic heterocycles. The maximum absolute atomic E-state index is 12.9. The van der Waals surface area contributed by atoms with Gasteiger partial charge in [-0.15, -0.1) is 0 Å². The van der Waals surface area contributed by atoms with E-state index in [4.69, 9.17) is 0 Å². The van der Waals surface area contributed by atoms with Gasteiger partial charge in [0.15, 0.2) is 5.78 Å². The number of ketones is 1. The Morgan fingerprint density at radius 3 is 2.84 bits per heavy atom. The van der Waals surface area contributed by atoms with Crippen LogP contribution in [-0.4, -0.2) is 29.8 Å². The second-order valence-corrected chi connectivity index (χ2v) is 6.86. The van der Waals surface area contributed by atoms with Crippen molar-refractivity contribution in [3.63, 3.8) is 0 Å². The van der Waals surface area contributed by atoms with Crippen LogP contribution >= 0.6 is 0 Å². The maximum Gasteiger partial charge on any atom is 0.244 e. The van der Waals surface area contributed by atoms with Gasteiger partial charge in [0.1, 0.15) is 5.82 Å². The number of aromatic nitrogens is 1. The summed E-state index contributed by atoms with van der Waals surface area (Å²) in [7, 11) is 0. The third-order valence-electron chi connectivity index (χ3n) is 5.44. The highest BCUT2D eigenvalue weighted by atomic mass is 16.1. The molecule has 1 spiro atoms. The smallest absolute Gasteiger partial charge is 0.244 e. The monoisotopic (exact) mass is 335 g/mol. The van der Waals surface area contributed by atoms with Crippen LogP contribution < -0.4 is 10.6 Å². The van der Waals surface area contributed by atoms with Gasteiger partial charge in [-0.2, -0.15) is 0 Å². The van der Waals surface area contributed by atoms with Gasteiger partial charge in [-0.05, 0) is 36.5 Å². The van der Waals surface area contributed by atoms with Gasteiger partial charge in [0.25, 0.3) is 0 Å². The largest absolute Gasteiger partial charge is 0.363 e. The molecular weight excluding hydrogens is 314 g/mol. The molecule has 1 aliphatic carbocycles. The zero-order chi connectivity index (χ0) is 17.4. The molecule has 128 valence electrons. The van der Waals surface area contributed by atoms with Crippen molar-refractivity contribution in [1.29, 1.82) is 0 Å². The van der Waals surface area contributed by atoms with Crippen LogP contribution in [0.2, 0.25) is 0 Å². The van der Waals surface area contributed by atoms with E-state index in [1.54, 1.807) is 12.3 Å². The first-order chi connectivity index (χ1) is 12.1. The average molecular weight is 335 g/mol. The van der Waals surface area contributed by atoms with E-state index in [9.17, 15) is 9.59 Å². The lowest BCUT2D eigenvalue weighted by atomic mass is 9.71. The number of carbonyl (C=O) groups excluding carboxylic acids is 2. The number of allylic oxidation sites excluding steroid dienone is 3. The van der Waals surface area contributed by atoms with E-state index in [1.807, 2.05) is 18.2 Å². The first-order valence-electron chi connectivity index (χ1n) is 8.72. The summed E-state index contributed by atoms with van der Waals surface area (Å²) in [5.74, 6) is 1.01. The van der Waals surface area contributed by atoms with Crippen molar-refractivity contribution in [2.24, 2.45) is 0 Å². The summed E-state index contributed by atoms with van der Waals surface area (Å²) in [6, 6.07) is 3.93. The van der Waals surface area contributed by atoms with Crippen LogP contribution in [0.5, 0.6) is 0 Å². The quantitative estimate of drug-likeness (QED) is 0.871. The van der Waals surface area contributed by atoms with Crippen LogP contribution in [0.3, 0.4) is 0 Å². The summed E-state index contributed by atoms with van der Waals surface area (Å²) in [6.07, 6.45) is 9.72. The molecule has 2 N–H and O–H groups in total. The van der Waals surface area contributed by atoms with Crippen LogP contribution in [0.1, 0.15) is 31.7 Å². The van der Waals surface area contributed by atoms with Gasteiger partial charge in [-0.25, -0.2) is 4.98 Å². The molecule has 1 unspecified atom stereocenters. The molecule has 3 heterocycles. The molecule has 1 atom stereocenters. The van der Waals surface area contributed by atoms with Crippen molar-refractivity contribution in [2.75, 3.05) is 18.4 Å². The first-order valence-corrected chi connectivity index (χ1v) is 8.72. The summed E-state index contributed by atoms with van der Waals surface area (Å²) in [6.45, 7) is 3.01. The Hall–Kier alpha value is -2.69. The third kappa shape index (κ3) is 2.60. The fraction of sp³-hybridized carbons (Fsp3) is 0.350. The minimum Gasteiger partial charge on any atom is -0.363 e. The summed E-state index contributed by atoms with van der Waals surface area (Å²) in [5.41, 5.74) is 4.14. The van der Waals surface area contributed by atoms with Crippen LogP contribution in [0.15, 0.2) is 53.3 Å². The highest BCUT2D eigenvalue weighted by Gasteiger charge is 2.48. The summed E-state index contributed by atoms with van der Waals surface area (Å²) in [5, 5.41) is 5.98. The number of pyridine rings is 1. The van der Waals surface area contributed by atoms with Gasteiger partial charge in [0, 0.05) is 24.4 Å². The van der Waals surface area contributed by atoms with Crippen molar-refractivity contribution in [1.82, 2.24) is 10.3 Å². The van der Waals surface area contributed by atoms with Gasteiger partial charge in [0.05, 0.1) is 12.0 Å². The number of nitrogens with one attached hydrogen (secondary N) is 2. The van der Waals surface area contributed by atoms with E-state index in [1.165, 1.54) is 11.1 Å². The van der Waals surface area contributed by atoms with Crippen molar-refractivity contribution < 1.29 is 9.59 Å². The minimum absolute atomic E-state index is 0.0572.